The van der Waals surface area contributed by atoms with Crippen molar-refractivity contribution in [2.75, 3.05) is 20.6 Å². The van der Waals surface area contributed by atoms with Crippen LogP contribution < -0.4 is 0 Å². The van der Waals surface area contributed by atoms with Crippen LogP contribution in [0.5, 0.6) is 0 Å². The van der Waals surface area contributed by atoms with E-state index in [0.717, 1.165) is 36.9 Å². The number of ketones is 1. The maximum absolute atomic E-state index is 12.4. The quantitative estimate of drug-likeness (QED) is 0.790. The molecule has 1 atom stereocenters. The Kier molecular flexibility index (Phi) is 6.26. The lowest BCUT2D eigenvalue weighted by atomic mass is 9.83. The van der Waals surface area contributed by atoms with Crippen molar-refractivity contribution in [3.63, 3.8) is 0 Å². The molecule has 1 aliphatic carbocycles. The molecule has 0 spiro atoms. The van der Waals surface area contributed by atoms with Gasteiger partial charge in [0.15, 0.2) is 5.78 Å². The molecule has 104 valence electrons. The summed E-state index contributed by atoms with van der Waals surface area (Å²) in [6.07, 6.45) is 5.15. The second-order valence-electron chi connectivity index (χ2n) is 5.30. The molecular weight excluding hydrogens is 258 g/mol. The molecule has 0 bridgehead atoms. The van der Waals surface area contributed by atoms with Gasteiger partial charge in [0.1, 0.15) is 0 Å². The van der Waals surface area contributed by atoms with E-state index in [0.29, 0.717) is 5.78 Å². The van der Waals surface area contributed by atoms with Crippen LogP contribution in [0.4, 0.5) is 0 Å². The first-order valence-corrected chi connectivity index (χ1v) is 6.61. The number of benzene rings is 1. The molecule has 1 saturated carbocycles. The molecule has 0 saturated heterocycles. The first-order chi connectivity index (χ1) is 8.66. The number of carbonyl (C=O) groups excluding carboxylic acids is 1. The molecule has 2 rings (SSSR count). The third kappa shape index (κ3) is 4.48. The highest BCUT2D eigenvalue weighted by Crippen LogP contribution is 2.27. The fourth-order valence-corrected chi connectivity index (χ4v) is 2.56. The molecular formula is C16H22ClNO. The van der Waals surface area contributed by atoms with Gasteiger partial charge in [0.2, 0.25) is 0 Å². The Morgan fingerprint density at radius 2 is 1.95 bits per heavy atom. The van der Waals surface area contributed by atoms with E-state index >= 15 is 0 Å². The largest absolute Gasteiger partial charge is 0.309 e. The molecule has 0 heterocycles. The number of hydrogen-bond acceptors (Lipinski definition) is 2. The van der Waals surface area contributed by atoms with Crippen molar-refractivity contribution in [3.05, 3.63) is 41.5 Å². The maximum Gasteiger partial charge on any atom is 0.163 e. The summed E-state index contributed by atoms with van der Waals surface area (Å²) in [6.45, 7) is 0.866. The third-order valence-electron chi connectivity index (χ3n) is 3.41. The van der Waals surface area contributed by atoms with Crippen LogP contribution in [0.25, 0.3) is 6.08 Å². The normalized spacial score (nSPS) is 21.5. The molecule has 1 aliphatic rings. The molecule has 0 amide bonds. The summed E-state index contributed by atoms with van der Waals surface area (Å²) in [4.78, 5) is 14.5. The molecule has 0 radical (unpaired) electrons. The van der Waals surface area contributed by atoms with Crippen molar-refractivity contribution >= 4 is 24.3 Å². The average Bonchev–Trinajstić information content (AvgIpc) is 2.35. The summed E-state index contributed by atoms with van der Waals surface area (Å²) in [5.74, 6) is 0.530. The summed E-state index contributed by atoms with van der Waals surface area (Å²) in [5.41, 5.74) is 2.13. The monoisotopic (exact) mass is 279 g/mol. The van der Waals surface area contributed by atoms with Crippen LogP contribution in [0.2, 0.25) is 0 Å². The van der Waals surface area contributed by atoms with E-state index in [1.54, 1.807) is 0 Å². The number of allylic oxidation sites excluding steroid dienone is 1. The van der Waals surface area contributed by atoms with E-state index in [9.17, 15) is 4.79 Å². The molecule has 2 nitrogen and oxygen atoms in total. The van der Waals surface area contributed by atoms with Crippen molar-refractivity contribution < 1.29 is 4.79 Å². The van der Waals surface area contributed by atoms with Gasteiger partial charge in [-0.15, -0.1) is 12.4 Å². The zero-order valence-corrected chi connectivity index (χ0v) is 12.5. The zero-order valence-electron chi connectivity index (χ0n) is 11.6. The van der Waals surface area contributed by atoms with Gasteiger partial charge >= 0.3 is 0 Å². The molecule has 1 aromatic carbocycles. The number of hydrogen-bond donors (Lipinski definition) is 0. The summed E-state index contributed by atoms with van der Waals surface area (Å²) >= 11 is 0. The van der Waals surface area contributed by atoms with Crippen molar-refractivity contribution in [2.24, 2.45) is 5.92 Å². The summed E-state index contributed by atoms with van der Waals surface area (Å²) in [5, 5.41) is 0. The van der Waals surface area contributed by atoms with E-state index in [1.807, 2.05) is 32.3 Å². The lowest BCUT2D eigenvalue weighted by Gasteiger charge is -2.25. The van der Waals surface area contributed by atoms with Crippen LogP contribution in [-0.2, 0) is 4.79 Å². The molecule has 1 fully saturated rings. The highest BCUT2D eigenvalue weighted by molar-refractivity contribution is 6.01. The first kappa shape index (κ1) is 15.9. The SMILES string of the molecule is CN(C)CC1CCC/C(=C/c2ccccc2)C1=O.Cl. The molecule has 3 heteroatoms. The van der Waals surface area contributed by atoms with Crippen LogP contribution in [-0.4, -0.2) is 31.3 Å². The topological polar surface area (TPSA) is 20.3 Å². The Balaban J connectivity index is 0.00000180. The molecule has 0 aliphatic heterocycles. The molecule has 0 N–H and O–H groups in total. The Morgan fingerprint density at radius 3 is 2.58 bits per heavy atom. The lowest BCUT2D eigenvalue weighted by molar-refractivity contribution is -0.120. The molecule has 1 unspecified atom stereocenters. The van der Waals surface area contributed by atoms with E-state index in [2.05, 4.69) is 23.1 Å². The minimum atomic E-state index is 0. The smallest absolute Gasteiger partial charge is 0.163 e. The van der Waals surface area contributed by atoms with Crippen LogP contribution in [0.3, 0.4) is 0 Å². The van der Waals surface area contributed by atoms with Crippen LogP contribution >= 0.6 is 12.4 Å². The highest BCUT2D eigenvalue weighted by Gasteiger charge is 2.26. The molecule has 0 aromatic heterocycles. The molecule has 1 aromatic rings. The predicted molar refractivity (Wildman–Crippen MR) is 82.6 cm³/mol. The third-order valence-corrected chi connectivity index (χ3v) is 3.41. The Hall–Kier alpha value is -1.12. The summed E-state index contributed by atoms with van der Waals surface area (Å²) in [6, 6.07) is 10.1. The van der Waals surface area contributed by atoms with Crippen molar-refractivity contribution in [2.45, 2.75) is 19.3 Å². The average molecular weight is 280 g/mol. The minimum absolute atomic E-state index is 0. The Labute approximate surface area is 121 Å². The van der Waals surface area contributed by atoms with Crippen LogP contribution in [0.1, 0.15) is 24.8 Å². The van der Waals surface area contributed by atoms with Crippen molar-refractivity contribution in [3.8, 4) is 0 Å². The Morgan fingerprint density at radius 1 is 1.26 bits per heavy atom. The van der Waals surface area contributed by atoms with Crippen molar-refractivity contribution in [1.82, 2.24) is 4.90 Å². The van der Waals surface area contributed by atoms with Gasteiger partial charge in [0.25, 0.3) is 0 Å². The fraction of sp³-hybridized carbons (Fsp3) is 0.438. The second kappa shape index (κ2) is 7.46. The number of carbonyl (C=O) groups is 1. The number of nitrogens with zero attached hydrogens (tertiary/aromatic N) is 1. The van der Waals surface area contributed by atoms with Gasteiger partial charge in [0, 0.05) is 12.5 Å². The zero-order chi connectivity index (χ0) is 13.0. The van der Waals surface area contributed by atoms with Crippen LogP contribution in [0.15, 0.2) is 35.9 Å². The fourth-order valence-electron chi connectivity index (χ4n) is 2.56. The van der Waals surface area contributed by atoms with Gasteiger partial charge in [-0.3, -0.25) is 4.79 Å². The summed E-state index contributed by atoms with van der Waals surface area (Å²) < 4.78 is 0. The standard InChI is InChI=1S/C16H21NO.ClH/c1-17(2)12-15-10-6-9-14(16(15)18)11-13-7-4-3-5-8-13;/h3-5,7-8,11,15H,6,9-10,12H2,1-2H3;1H/b14-11-;. The van der Waals surface area contributed by atoms with Gasteiger partial charge in [-0.2, -0.15) is 0 Å². The Bertz CT molecular complexity index is 439. The first-order valence-electron chi connectivity index (χ1n) is 6.61. The second-order valence-corrected chi connectivity index (χ2v) is 5.30. The van der Waals surface area contributed by atoms with Gasteiger partial charge in [-0.25, -0.2) is 0 Å². The van der Waals surface area contributed by atoms with Gasteiger partial charge < -0.3 is 4.90 Å². The van der Waals surface area contributed by atoms with E-state index < -0.39 is 0 Å². The molecule has 19 heavy (non-hydrogen) atoms. The van der Waals surface area contributed by atoms with E-state index in [-0.39, 0.29) is 18.3 Å². The predicted octanol–water partition coefficient (Wildman–Crippen LogP) is 3.42. The maximum atomic E-state index is 12.4. The van der Waals surface area contributed by atoms with Gasteiger partial charge in [-0.05, 0) is 50.6 Å². The van der Waals surface area contributed by atoms with E-state index in [4.69, 9.17) is 0 Å². The van der Waals surface area contributed by atoms with E-state index in [1.165, 1.54) is 0 Å². The number of halogens is 1. The lowest BCUT2D eigenvalue weighted by Crippen LogP contribution is -2.31. The van der Waals surface area contributed by atoms with Crippen molar-refractivity contribution in [1.29, 1.82) is 0 Å². The summed E-state index contributed by atoms with van der Waals surface area (Å²) in [7, 11) is 4.06. The van der Waals surface area contributed by atoms with Crippen LogP contribution in [0, 0.1) is 5.92 Å². The number of Topliss-reactive ketones (excluding diaryl/α,β-unsaturated/α-hetero) is 1. The number of rotatable bonds is 3. The minimum Gasteiger partial charge on any atom is -0.309 e. The van der Waals surface area contributed by atoms with Gasteiger partial charge in [0.05, 0.1) is 0 Å². The van der Waals surface area contributed by atoms with Gasteiger partial charge in [-0.1, -0.05) is 30.3 Å². The highest BCUT2D eigenvalue weighted by atomic mass is 35.5.